The molecule has 478 valence electrons. The number of amides is 1. The van der Waals surface area contributed by atoms with E-state index in [1.54, 1.807) is 46.8 Å². The van der Waals surface area contributed by atoms with Crippen molar-refractivity contribution in [2.75, 3.05) is 20.8 Å². The number of hydroxylamine groups is 2. The molecule has 5 saturated heterocycles. The van der Waals surface area contributed by atoms with Crippen molar-refractivity contribution in [1.82, 2.24) is 10.5 Å². The number of allylic oxidation sites excluding steroid dienone is 2. The molecule has 1 amide bonds. The molecule has 9 rings (SSSR count). The summed E-state index contributed by atoms with van der Waals surface area (Å²) < 4.78 is 67.5. The number of nitrogens with one attached hydrogen (secondary N) is 1. The highest BCUT2D eigenvalue weighted by atomic mass is 16.8. The number of ketones is 1. The van der Waals surface area contributed by atoms with Gasteiger partial charge in [-0.1, -0.05) is 65.5 Å². The van der Waals surface area contributed by atoms with Crippen molar-refractivity contribution >= 4 is 17.8 Å². The molecule has 2 bridgehead atoms. The Labute approximate surface area is 496 Å². The molecule has 24 heteroatoms. The van der Waals surface area contributed by atoms with Gasteiger partial charge in [-0.3, -0.25) is 10.0 Å². The molecule has 5 heterocycles. The Morgan fingerprint density at radius 3 is 2.08 bits per heavy atom. The Kier molecular flexibility index (Phi) is 19.8. The van der Waals surface area contributed by atoms with Gasteiger partial charge in [-0.05, 0) is 87.3 Å². The van der Waals surface area contributed by atoms with E-state index in [1.807, 2.05) is 39.8 Å². The molecule has 0 aromatic carbocycles. The molecule has 28 atom stereocenters. The monoisotopic (exact) mass is 1200 g/mol. The number of methoxy groups -OCH3 is 2. The molecule has 0 aromatic rings. The normalized spacial score (nSPS) is 48.5. The van der Waals surface area contributed by atoms with E-state index < -0.39 is 180 Å². The first kappa shape index (κ1) is 65.7. The second-order valence-electron chi connectivity index (χ2n) is 26.2. The summed E-state index contributed by atoms with van der Waals surface area (Å²) >= 11 is 0. The lowest BCUT2D eigenvalue weighted by Crippen LogP contribution is -2.67. The fourth-order valence-electron chi connectivity index (χ4n) is 15.9. The lowest BCUT2D eigenvalue weighted by Gasteiger charge is -2.57. The largest absolute Gasteiger partial charge is 0.762 e. The second-order valence-corrected chi connectivity index (χ2v) is 26.2. The molecule has 1 unspecified atom stereocenters. The summed E-state index contributed by atoms with van der Waals surface area (Å²) in [6.07, 6.45) is -8.09. The number of aliphatic hydroxyl groups is 6. The van der Waals surface area contributed by atoms with Gasteiger partial charge in [0.1, 0.15) is 29.6 Å². The number of carbonyl (C=O) groups excluding carboxylic acids is 3. The molecule has 85 heavy (non-hydrogen) atoms. The number of ether oxygens (including phenoxy) is 11. The van der Waals surface area contributed by atoms with Crippen LogP contribution in [-0.2, 0) is 61.7 Å². The SMILES string of the molecule is C=C1C(O)C[C@H](O[C@H]2C[C@](C)(N([O-])O)[C@@H](NC(=O)OC)[C@@H](C)O2)/C(C)=C/[C@@H]2C=C(CO)[C@H](C)C[C@]23OC(=O)C(=C(O)[C@@]2(C)[C@H]4[C@H](C=C[C@@H]12)[C@@H](O[C@H]1C[C@@H](O[C@@H]2C[C@@H](C)[C@H](O[C@H]5C[C@@H](O)[C@@H](OC)[C@H](C)O5)[C@H](O)O2)[C@@H](O)[C@H](C)O1)[C@@H](C)C[C@@H]4C)C3=O. The standard InChI is InChI=1S/C61H91N2O22/c1-26-17-36-19-35(25-64)30(5)23-61(36)55(69)47(56(70)85-61)54(68)60(11)38(31(6)39(65)20-41(26)80-46-24-59(10,63(73)74)53(34(9)79-46)62-58(72)76-13)15-14-37-48(60)27(2)16-28(3)50(37)82-45-22-42(49(67)32(7)77-45)81-43-18-29(4)51(57(71)84-43)83-44-21-40(66)52(75-12)33(8)78-44/h14-15,17,19,27-30,32-34,36-46,48-53,57,64-68,71,73H,6,16,18,20-25H2,1-5,7-13H3,(H,62,72)/q-1/b26-17+,54-47?/t27-,28-,29+,30+,32-,33-,34+,36+,37-,38-,39?,40+,41-,42+,43-,44-,45-,46-,48+,49-,50-,51-,52-,53-,57+,59-,60+,61-/m0/s1. The molecule has 1 saturated carbocycles. The van der Waals surface area contributed by atoms with Crippen LogP contribution in [0.2, 0.25) is 0 Å². The van der Waals surface area contributed by atoms with E-state index in [1.165, 1.54) is 14.0 Å². The van der Waals surface area contributed by atoms with Crippen LogP contribution in [0.15, 0.2) is 58.9 Å². The van der Waals surface area contributed by atoms with Gasteiger partial charge in [0.2, 0.25) is 5.78 Å². The third-order valence-electron chi connectivity index (χ3n) is 20.5. The molecule has 24 nitrogen and oxygen atoms in total. The zero-order valence-corrected chi connectivity index (χ0v) is 50.8. The van der Waals surface area contributed by atoms with Crippen molar-refractivity contribution in [3.8, 4) is 0 Å². The van der Waals surface area contributed by atoms with Gasteiger partial charge in [-0.2, -0.15) is 0 Å². The number of esters is 1. The van der Waals surface area contributed by atoms with Crippen LogP contribution in [0, 0.1) is 58.0 Å². The zero-order chi connectivity index (χ0) is 62.1. The fourth-order valence-corrected chi connectivity index (χ4v) is 15.9. The Balaban J connectivity index is 1.01. The number of Topliss-reactive ketones (excluding diaryl/α,β-unsaturated/α-hetero) is 1. The van der Waals surface area contributed by atoms with E-state index in [4.69, 9.17) is 52.1 Å². The summed E-state index contributed by atoms with van der Waals surface area (Å²) in [7, 11) is 2.66. The molecule has 4 aliphatic carbocycles. The van der Waals surface area contributed by atoms with Crippen molar-refractivity contribution in [2.45, 2.75) is 230 Å². The van der Waals surface area contributed by atoms with Crippen LogP contribution in [0.5, 0.6) is 0 Å². The van der Waals surface area contributed by atoms with Crippen LogP contribution in [0.3, 0.4) is 0 Å². The maximum Gasteiger partial charge on any atom is 0.407 e. The molecule has 5 aliphatic heterocycles. The summed E-state index contributed by atoms with van der Waals surface area (Å²) in [5.74, 6) is -6.51. The topological polar surface area (TPSA) is 333 Å². The molecule has 8 N–H and O–H groups in total. The average Bonchev–Trinajstić information content (AvgIpc) is 2.94. The first-order valence-electron chi connectivity index (χ1n) is 30.1. The number of hydrogen-bond donors (Lipinski definition) is 8. The van der Waals surface area contributed by atoms with E-state index >= 15 is 4.79 Å². The maximum absolute atomic E-state index is 15.6. The molecule has 9 aliphatic rings. The smallest absolute Gasteiger partial charge is 0.407 e. The number of alkyl carbamates (subject to hydrolysis) is 1. The van der Waals surface area contributed by atoms with Gasteiger partial charge in [0.15, 0.2) is 37.1 Å². The van der Waals surface area contributed by atoms with E-state index in [0.717, 1.165) is 7.11 Å². The van der Waals surface area contributed by atoms with Gasteiger partial charge < -0.3 is 98.5 Å². The predicted octanol–water partition coefficient (Wildman–Crippen LogP) is 4.66. The van der Waals surface area contributed by atoms with Crippen LogP contribution in [-0.4, -0.2) is 196 Å². The molecular weight excluding hydrogens is 1110 g/mol. The van der Waals surface area contributed by atoms with Crippen molar-refractivity contribution < 1.29 is 102 Å². The summed E-state index contributed by atoms with van der Waals surface area (Å²) in [6.45, 7) is 21.9. The molecular formula is C61H91N2O22-. The zero-order valence-electron chi connectivity index (χ0n) is 50.8. The maximum atomic E-state index is 15.6. The second kappa shape index (κ2) is 25.6. The molecule has 6 fully saturated rings. The van der Waals surface area contributed by atoms with E-state index in [-0.39, 0.29) is 73.7 Å². The van der Waals surface area contributed by atoms with Crippen molar-refractivity contribution in [2.24, 2.45) is 52.8 Å². The van der Waals surface area contributed by atoms with Gasteiger partial charge in [0.05, 0.1) is 74.1 Å². The van der Waals surface area contributed by atoms with Gasteiger partial charge in [-0.15, -0.1) is 0 Å². The van der Waals surface area contributed by atoms with E-state index in [2.05, 4.69) is 11.9 Å². The highest BCUT2D eigenvalue weighted by Crippen LogP contribution is 2.61. The summed E-state index contributed by atoms with van der Waals surface area (Å²) in [6, 6.07) is -1.08. The van der Waals surface area contributed by atoms with Gasteiger partial charge in [0.25, 0.3) is 0 Å². The van der Waals surface area contributed by atoms with Crippen LogP contribution >= 0.6 is 0 Å². The van der Waals surface area contributed by atoms with Crippen LogP contribution in [0.25, 0.3) is 0 Å². The highest BCUT2D eigenvalue weighted by molar-refractivity contribution is 6.26. The van der Waals surface area contributed by atoms with Gasteiger partial charge >= 0.3 is 12.1 Å². The Morgan fingerprint density at radius 1 is 0.788 bits per heavy atom. The first-order valence-corrected chi connectivity index (χ1v) is 30.1. The Morgan fingerprint density at radius 2 is 1.44 bits per heavy atom. The molecule has 0 aromatic heterocycles. The molecule has 0 radical (unpaired) electrons. The average molecular weight is 1200 g/mol. The Hall–Kier alpha value is -3.77. The number of aliphatic hydroxyl groups excluding tert-OH is 6. The number of nitrogens with zero attached hydrogens (tertiary/aromatic N) is 1. The van der Waals surface area contributed by atoms with Crippen molar-refractivity contribution in [1.29, 1.82) is 0 Å². The minimum absolute atomic E-state index is 0.0460. The van der Waals surface area contributed by atoms with Crippen LogP contribution in [0.4, 0.5) is 4.79 Å². The predicted molar refractivity (Wildman–Crippen MR) is 299 cm³/mol. The minimum atomic E-state index is -1.89. The van der Waals surface area contributed by atoms with Crippen molar-refractivity contribution in [3.63, 3.8) is 0 Å². The quantitative estimate of drug-likeness (QED) is 0.0570. The highest BCUT2D eigenvalue weighted by Gasteiger charge is 2.64. The third-order valence-corrected chi connectivity index (χ3v) is 20.5. The molecule has 1 spiro atoms. The van der Waals surface area contributed by atoms with E-state index in [0.29, 0.717) is 17.6 Å². The van der Waals surface area contributed by atoms with E-state index in [9.17, 15) is 50.6 Å². The third kappa shape index (κ3) is 12.2. The summed E-state index contributed by atoms with van der Waals surface area (Å²) in [5, 5.41) is 95.8. The van der Waals surface area contributed by atoms with Gasteiger partial charge in [-0.25, -0.2) is 9.59 Å². The summed E-state index contributed by atoms with van der Waals surface area (Å²) in [5.41, 5.74) is -4.44. The lowest BCUT2D eigenvalue weighted by molar-refractivity contribution is -0.358. The Bertz CT molecular complexity index is 2570. The summed E-state index contributed by atoms with van der Waals surface area (Å²) in [4.78, 5) is 42.7. The van der Waals surface area contributed by atoms with Crippen molar-refractivity contribution in [3.05, 3.63) is 64.1 Å². The number of fused-ring (bicyclic) bond motifs is 4. The van der Waals surface area contributed by atoms with Crippen LogP contribution in [0.1, 0.15) is 114 Å². The first-order chi connectivity index (χ1) is 40.0. The minimum Gasteiger partial charge on any atom is -0.762 e. The lowest BCUT2D eigenvalue weighted by atomic mass is 9.49. The van der Waals surface area contributed by atoms with Crippen LogP contribution < -0.4 is 5.32 Å². The number of carbonyl (C=O) groups is 3. The van der Waals surface area contributed by atoms with Gasteiger partial charge in [0, 0.05) is 68.8 Å². The number of rotatable bonds is 12. The fraction of sp³-hybridized carbons (Fsp3) is 0.787. The number of hydrogen-bond acceptors (Lipinski definition) is 23.